The van der Waals surface area contributed by atoms with Gasteiger partial charge in [-0.15, -0.1) is 0 Å². The predicted molar refractivity (Wildman–Crippen MR) is 55.1 cm³/mol. The number of nitrogens with zero attached hydrogens (tertiary/aromatic N) is 1. The van der Waals surface area contributed by atoms with E-state index in [0.717, 1.165) is 6.42 Å². The van der Waals surface area contributed by atoms with Crippen LogP contribution in [0.2, 0.25) is 0 Å². The summed E-state index contributed by atoms with van der Waals surface area (Å²) in [5.41, 5.74) is 0. The molecule has 1 aromatic rings. The maximum Gasteiger partial charge on any atom is 0.222 e. The van der Waals surface area contributed by atoms with E-state index in [4.69, 9.17) is 9.47 Å². The number of aromatic nitrogens is 1. The Kier molecular flexibility index (Phi) is 4.69. The van der Waals surface area contributed by atoms with Crippen molar-refractivity contribution in [2.24, 2.45) is 0 Å². The maximum absolute atomic E-state index is 11.0. The van der Waals surface area contributed by atoms with Gasteiger partial charge in [-0.1, -0.05) is 0 Å². The molecule has 0 N–H and O–H groups in total. The van der Waals surface area contributed by atoms with Crippen LogP contribution in [-0.2, 0) is 4.74 Å². The number of rotatable bonds is 5. The van der Waals surface area contributed by atoms with Crippen LogP contribution in [0.5, 0.6) is 5.75 Å². The number of halogens is 1. The van der Waals surface area contributed by atoms with Crippen LogP contribution >= 0.6 is 15.9 Å². The van der Waals surface area contributed by atoms with Crippen LogP contribution in [0, 0.1) is 5.21 Å². The normalized spacial score (nSPS) is 10.1. The third kappa shape index (κ3) is 3.93. The van der Waals surface area contributed by atoms with E-state index in [-0.39, 0.29) is 0 Å². The minimum atomic E-state index is 0.546. The molecule has 0 aromatic carbocycles. The second kappa shape index (κ2) is 5.82. The summed E-state index contributed by atoms with van der Waals surface area (Å²) in [5.74, 6) is 0.561. The SMILES string of the molecule is COCCCOc1cc(Br)c[n+]([O-])c1. The third-order valence-electron chi connectivity index (χ3n) is 1.55. The van der Waals surface area contributed by atoms with Gasteiger partial charge in [0.25, 0.3) is 0 Å². The summed E-state index contributed by atoms with van der Waals surface area (Å²) in [6, 6.07) is 1.75. The van der Waals surface area contributed by atoms with E-state index >= 15 is 0 Å². The summed E-state index contributed by atoms with van der Waals surface area (Å²) in [6.07, 6.45) is 3.61. The molecule has 0 atom stereocenters. The molecule has 5 heteroatoms. The zero-order chi connectivity index (χ0) is 10.4. The second-order valence-electron chi connectivity index (χ2n) is 2.74. The highest BCUT2D eigenvalue weighted by atomic mass is 79.9. The molecule has 0 spiro atoms. The minimum Gasteiger partial charge on any atom is -0.619 e. The Bertz CT molecular complexity index is 273. The first-order chi connectivity index (χ1) is 6.72. The molecule has 0 fully saturated rings. The topological polar surface area (TPSA) is 45.4 Å². The van der Waals surface area contributed by atoms with Crippen LogP contribution in [-0.4, -0.2) is 20.3 Å². The van der Waals surface area contributed by atoms with E-state index in [2.05, 4.69) is 15.9 Å². The molecule has 0 unspecified atom stereocenters. The van der Waals surface area contributed by atoms with Gasteiger partial charge in [0.2, 0.25) is 6.20 Å². The Morgan fingerprint density at radius 1 is 1.43 bits per heavy atom. The molecule has 4 nitrogen and oxygen atoms in total. The van der Waals surface area contributed by atoms with E-state index in [9.17, 15) is 5.21 Å². The minimum absolute atomic E-state index is 0.546. The largest absolute Gasteiger partial charge is 0.619 e. The monoisotopic (exact) mass is 261 g/mol. The maximum atomic E-state index is 11.0. The highest BCUT2D eigenvalue weighted by Crippen LogP contribution is 2.14. The van der Waals surface area contributed by atoms with Crippen molar-refractivity contribution in [3.05, 3.63) is 28.1 Å². The van der Waals surface area contributed by atoms with Crippen LogP contribution in [0.15, 0.2) is 22.9 Å². The Morgan fingerprint density at radius 2 is 2.21 bits per heavy atom. The zero-order valence-electron chi connectivity index (χ0n) is 7.90. The van der Waals surface area contributed by atoms with E-state index in [1.54, 1.807) is 13.2 Å². The summed E-state index contributed by atoms with van der Waals surface area (Å²) in [5, 5.41) is 11.0. The molecule has 1 heterocycles. The first kappa shape index (κ1) is 11.3. The van der Waals surface area contributed by atoms with Crippen molar-refractivity contribution >= 4 is 15.9 Å². The second-order valence-corrected chi connectivity index (χ2v) is 3.66. The van der Waals surface area contributed by atoms with Gasteiger partial charge in [-0.3, -0.25) is 0 Å². The summed E-state index contributed by atoms with van der Waals surface area (Å²) < 4.78 is 11.6. The van der Waals surface area contributed by atoms with Gasteiger partial charge >= 0.3 is 0 Å². The average molecular weight is 262 g/mol. The van der Waals surface area contributed by atoms with Gasteiger partial charge in [-0.2, -0.15) is 4.73 Å². The molecule has 0 aliphatic heterocycles. The summed E-state index contributed by atoms with van der Waals surface area (Å²) in [7, 11) is 1.64. The summed E-state index contributed by atoms with van der Waals surface area (Å²) in [6.45, 7) is 1.20. The number of hydrogen-bond acceptors (Lipinski definition) is 3. The van der Waals surface area contributed by atoms with Gasteiger partial charge in [-0.25, -0.2) is 0 Å². The highest BCUT2D eigenvalue weighted by molar-refractivity contribution is 9.10. The van der Waals surface area contributed by atoms with E-state index in [1.807, 2.05) is 0 Å². The molecule has 14 heavy (non-hydrogen) atoms. The van der Waals surface area contributed by atoms with Crippen molar-refractivity contribution in [1.29, 1.82) is 0 Å². The lowest BCUT2D eigenvalue weighted by Gasteiger charge is -2.05. The van der Waals surface area contributed by atoms with Gasteiger partial charge < -0.3 is 14.7 Å². The molecule has 0 saturated heterocycles. The van der Waals surface area contributed by atoms with Crippen molar-refractivity contribution in [2.45, 2.75) is 6.42 Å². The van der Waals surface area contributed by atoms with Crippen LogP contribution in [0.3, 0.4) is 0 Å². The quantitative estimate of drug-likeness (QED) is 0.459. The standard InChI is InChI=1S/C9H12BrNO3/c1-13-3-2-4-14-9-5-8(10)6-11(12)7-9/h5-7H,2-4H2,1H3. The Balaban J connectivity index is 2.42. The van der Waals surface area contributed by atoms with Crippen molar-refractivity contribution in [3.63, 3.8) is 0 Å². The Morgan fingerprint density at radius 3 is 2.86 bits per heavy atom. The molecule has 0 amide bonds. The molecular weight excluding hydrogens is 250 g/mol. The number of methoxy groups -OCH3 is 1. The fourth-order valence-corrected chi connectivity index (χ4v) is 1.39. The zero-order valence-corrected chi connectivity index (χ0v) is 9.49. The molecule has 0 bridgehead atoms. The van der Waals surface area contributed by atoms with E-state index in [0.29, 0.717) is 28.2 Å². The molecule has 1 rings (SSSR count). The molecule has 0 aliphatic rings. The first-order valence-electron chi connectivity index (χ1n) is 4.23. The van der Waals surface area contributed by atoms with Crippen LogP contribution in [0.25, 0.3) is 0 Å². The van der Waals surface area contributed by atoms with Crippen molar-refractivity contribution in [1.82, 2.24) is 0 Å². The predicted octanol–water partition coefficient (Wildman–Crippen LogP) is 1.50. The Labute approximate surface area is 91.2 Å². The van der Waals surface area contributed by atoms with Crippen molar-refractivity contribution in [2.75, 3.05) is 20.3 Å². The summed E-state index contributed by atoms with van der Waals surface area (Å²) in [4.78, 5) is 0. The van der Waals surface area contributed by atoms with Gasteiger partial charge in [0, 0.05) is 26.2 Å². The molecule has 0 saturated carbocycles. The molecule has 0 radical (unpaired) electrons. The van der Waals surface area contributed by atoms with E-state index in [1.165, 1.54) is 12.4 Å². The van der Waals surface area contributed by atoms with Crippen LogP contribution < -0.4 is 9.47 Å². The van der Waals surface area contributed by atoms with Crippen molar-refractivity contribution < 1.29 is 14.2 Å². The number of hydrogen-bond donors (Lipinski definition) is 0. The van der Waals surface area contributed by atoms with Crippen LogP contribution in [0.1, 0.15) is 6.42 Å². The fourth-order valence-electron chi connectivity index (χ4n) is 0.967. The van der Waals surface area contributed by atoms with Gasteiger partial charge in [-0.05, 0) is 15.9 Å². The van der Waals surface area contributed by atoms with Crippen molar-refractivity contribution in [3.8, 4) is 5.75 Å². The van der Waals surface area contributed by atoms with E-state index < -0.39 is 0 Å². The first-order valence-corrected chi connectivity index (χ1v) is 5.03. The lowest BCUT2D eigenvalue weighted by molar-refractivity contribution is -0.606. The van der Waals surface area contributed by atoms with Gasteiger partial charge in [0.15, 0.2) is 11.9 Å². The highest BCUT2D eigenvalue weighted by Gasteiger charge is 2.01. The smallest absolute Gasteiger partial charge is 0.222 e. The summed E-state index contributed by atoms with van der Waals surface area (Å²) >= 11 is 3.21. The van der Waals surface area contributed by atoms with Crippen LogP contribution in [0.4, 0.5) is 0 Å². The number of pyridine rings is 1. The third-order valence-corrected chi connectivity index (χ3v) is 1.98. The molecular formula is C9H12BrNO3. The number of ether oxygens (including phenoxy) is 2. The van der Waals surface area contributed by atoms with Gasteiger partial charge in [0.05, 0.1) is 11.1 Å². The lowest BCUT2D eigenvalue weighted by atomic mass is 10.4. The molecule has 78 valence electrons. The fraction of sp³-hybridized carbons (Fsp3) is 0.444. The van der Waals surface area contributed by atoms with Gasteiger partial charge in [0.1, 0.15) is 0 Å². The molecule has 1 aromatic heterocycles. The average Bonchev–Trinajstić information content (AvgIpc) is 2.11. The lowest BCUT2D eigenvalue weighted by Crippen LogP contribution is -2.24. The molecule has 0 aliphatic carbocycles. The Hall–Kier alpha value is -0.810.